The molecule has 1 saturated heterocycles. The van der Waals surface area contributed by atoms with Crippen molar-refractivity contribution in [3.8, 4) is 0 Å². The number of aliphatic hydroxyl groups excluding tert-OH is 2. The summed E-state index contributed by atoms with van der Waals surface area (Å²) in [5, 5.41) is 24.2. The first-order valence-corrected chi connectivity index (χ1v) is 5.94. The van der Waals surface area contributed by atoms with Crippen molar-refractivity contribution in [2.45, 2.75) is 31.1 Å². The fourth-order valence-electron chi connectivity index (χ4n) is 2.33. The van der Waals surface area contributed by atoms with Crippen LogP contribution in [0.25, 0.3) is 0 Å². The Morgan fingerprint density at radius 1 is 1.58 bits per heavy atom. The highest BCUT2D eigenvalue weighted by molar-refractivity contribution is 5.98. The Kier molecular flexibility index (Phi) is 2.90. The summed E-state index contributed by atoms with van der Waals surface area (Å²) in [6.07, 6.45) is -0.809. The number of aliphatic hydroxyl groups is 2. The number of fused-ring (bicyclic) bond motifs is 1. The highest BCUT2D eigenvalue weighted by Gasteiger charge is 2.37. The first-order valence-electron chi connectivity index (χ1n) is 5.94. The Morgan fingerprint density at radius 3 is 3.05 bits per heavy atom. The summed E-state index contributed by atoms with van der Waals surface area (Å²) in [5.41, 5.74) is 5.86. The molecule has 3 heterocycles. The van der Waals surface area contributed by atoms with E-state index < -0.39 is 24.7 Å². The molecule has 1 fully saturated rings. The molecule has 0 radical (unpaired) electrons. The molecule has 0 spiro atoms. The van der Waals surface area contributed by atoms with Crippen LogP contribution < -0.4 is 16.4 Å². The Bertz CT molecular complexity index is 504. The third kappa shape index (κ3) is 1.96. The lowest BCUT2D eigenvalue weighted by Crippen LogP contribution is -2.51. The van der Waals surface area contributed by atoms with E-state index in [0.29, 0.717) is 12.2 Å². The molecule has 104 valence electrons. The van der Waals surface area contributed by atoms with Crippen LogP contribution in [0.4, 0.5) is 5.82 Å². The number of nitrogens with one attached hydrogen (secondary N) is 2. The van der Waals surface area contributed by atoms with Crippen LogP contribution in [0, 0.1) is 0 Å². The van der Waals surface area contributed by atoms with Crippen molar-refractivity contribution in [2.24, 2.45) is 5.73 Å². The van der Waals surface area contributed by atoms with Gasteiger partial charge in [0.1, 0.15) is 18.1 Å². The highest BCUT2D eigenvalue weighted by atomic mass is 16.5. The molecule has 2 aliphatic rings. The van der Waals surface area contributed by atoms with E-state index in [-0.39, 0.29) is 18.2 Å². The van der Waals surface area contributed by atoms with Crippen molar-refractivity contribution in [2.75, 3.05) is 11.9 Å². The minimum Gasteiger partial charge on any atom is -0.394 e. The number of amides is 1. The number of carbonyl (C=O) groups is 1. The zero-order valence-electron chi connectivity index (χ0n) is 9.98. The molecule has 0 bridgehead atoms. The van der Waals surface area contributed by atoms with Crippen LogP contribution >= 0.6 is 0 Å². The molecule has 0 aliphatic carbocycles. The average molecular weight is 269 g/mol. The van der Waals surface area contributed by atoms with E-state index in [2.05, 4.69) is 15.6 Å². The monoisotopic (exact) mass is 269 g/mol. The van der Waals surface area contributed by atoms with Crippen LogP contribution in [0.3, 0.4) is 0 Å². The van der Waals surface area contributed by atoms with Crippen molar-refractivity contribution in [1.82, 2.24) is 14.9 Å². The molecule has 1 aromatic rings. The van der Waals surface area contributed by atoms with Gasteiger partial charge in [-0.15, -0.1) is 0 Å². The number of hydrogen-bond acceptors (Lipinski definition) is 7. The summed E-state index contributed by atoms with van der Waals surface area (Å²) < 4.78 is 7.12. The molecular formula is C10H15N5O4. The topological polar surface area (TPSA) is 135 Å². The molecule has 4 atom stereocenters. The summed E-state index contributed by atoms with van der Waals surface area (Å²) in [6, 6.07) is 0. The van der Waals surface area contributed by atoms with Crippen LogP contribution in [0.1, 0.15) is 23.1 Å². The van der Waals surface area contributed by atoms with Gasteiger partial charge in [-0.25, -0.2) is 4.98 Å². The molecule has 2 aliphatic heterocycles. The Morgan fingerprint density at radius 2 is 2.37 bits per heavy atom. The molecule has 2 unspecified atom stereocenters. The van der Waals surface area contributed by atoms with E-state index in [1.807, 2.05) is 0 Å². The van der Waals surface area contributed by atoms with Gasteiger partial charge in [0.25, 0.3) is 5.91 Å². The minimum atomic E-state index is -0.751. The number of hydrogen-bond donors (Lipinski definition) is 5. The van der Waals surface area contributed by atoms with Gasteiger partial charge in [-0.1, -0.05) is 0 Å². The van der Waals surface area contributed by atoms with Crippen molar-refractivity contribution >= 4 is 11.7 Å². The number of imidazole rings is 1. The smallest absolute Gasteiger partial charge is 0.276 e. The Hall–Kier alpha value is -1.68. The van der Waals surface area contributed by atoms with Gasteiger partial charge in [-0.3, -0.25) is 15.1 Å². The number of rotatable bonds is 2. The van der Waals surface area contributed by atoms with E-state index >= 15 is 0 Å². The predicted molar refractivity (Wildman–Crippen MR) is 62.9 cm³/mol. The maximum Gasteiger partial charge on any atom is 0.276 e. The molecular weight excluding hydrogens is 254 g/mol. The van der Waals surface area contributed by atoms with Crippen molar-refractivity contribution in [3.05, 3.63) is 12.0 Å². The average Bonchev–Trinajstić information content (AvgIpc) is 2.92. The summed E-state index contributed by atoms with van der Waals surface area (Å²) in [7, 11) is 0. The van der Waals surface area contributed by atoms with Crippen molar-refractivity contribution in [3.63, 3.8) is 0 Å². The van der Waals surface area contributed by atoms with E-state index in [4.69, 9.17) is 15.6 Å². The second kappa shape index (κ2) is 4.46. The van der Waals surface area contributed by atoms with Gasteiger partial charge >= 0.3 is 0 Å². The zero-order chi connectivity index (χ0) is 13.6. The molecule has 9 nitrogen and oxygen atoms in total. The minimum absolute atomic E-state index is 0.229. The molecule has 3 rings (SSSR count). The maximum absolute atomic E-state index is 11.7. The third-order valence-electron chi connectivity index (χ3n) is 3.28. The molecule has 6 N–H and O–H groups in total. The van der Waals surface area contributed by atoms with Crippen LogP contribution in [0.2, 0.25) is 0 Å². The lowest BCUT2D eigenvalue weighted by molar-refractivity contribution is -0.0438. The molecule has 9 heteroatoms. The van der Waals surface area contributed by atoms with Crippen molar-refractivity contribution < 1.29 is 19.7 Å². The number of carbonyl (C=O) groups excluding carboxylic acids is 1. The second-order valence-electron chi connectivity index (χ2n) is 4.56. The molecule has 1 amide bonds. The first kappa shape index (κ1) is 12.4. The summed E-state index contributed by atoms with van der Waals surface area (Å²) in [4.78, 5) is 15.7. The number of nitrogens with two attached hydrogens (primary N) is 1. The summed E-state index contributed by atoms with van der Waals surface area (Å²) >= 11 is 0. The first-order chi connectivity index (χ1) is 9.10. The number of ether oxygens (including phenoxy) is 1. The maximum atomic E-state index is 11.7. The zero-order valence-corrected chi connectivity index (χ0v) is 9.98. The second-order valence-corrected chi connectivity index (χ2v) is 4.56. The van der Waals surface area contributed by atoms with Gasteiger partial charge in [0.15, 0.2) is 12.0 Å². The molecule has 0 saturated carbocycles. The standard InChI is InChI=1S/C10H15N5O4/c11-10-13-8-7(9(18)14-10)12-3-15(8)6-1-4(17)5(2-16)19-6/h3-6,10,13,16-17H,1-2,11H2,(H,14,18)/t4?,5-,6-,10?/m1/s1. The van der Waals surface area contributed by atoms with Gasteiger partial charge in [0.05, 0.1) is 19.0 Å². The van der Waals surface area contributed by atoms with Crippen LogP contribution in [-0.2, 0) is 4.74 Å². The number of anilines is 1. The Balaban J connectivity index is 1.89. The molecule has 1 aromatic heterocycles. The van der Waals surface area contributed by atoms with Gasteiger partial charge in [0, 0.05) is 6.42 Å². The SMILES string of the molecule is NC1NC(=O)c2ncn([C@H]3CC(O)[C@@H](CO)O3)c2N1. The largest absolute Gasteiger partial charge is 0.394 e. The van der Waals surface area contributed by atoms with Crippen molar-refractivity contribution in [1.29, 1.82) is 0 Å². The lowest BCUT2D eigenvalue weighted by Gasteiger charge is -2.24. The lowest BCUT2D eigenvalue weighted by atomic mass is 10.2. The predicted octanol–water partition coefficient (Wildman–Crippen LogP) is -2.08. The fourth-order valence-corrected chi connectivity index (χ4v) is 2.33. The number of aromatic nitrogens is 2. The van der Waals surface area contributed by atoms with E-state index in [1.54, 1.807) is 4.57 Å². The van der Waals surface area contributed by atoms with E-state index in [1.165, 1.54) is 6.33 Å². The molecule has 0 aromatic carbocycles. The normalized spacial score (nSPS) is 33.7. The van der Waals surface area contributed by atoms with E-state index in [0.717, 1.165) is 0 Å². The number of nitrogens with zero attached hydrogens (tertiary/aromatic N) is 2. The third-order valence-corrected chi connectivity index (χ3v) is 3.28. The van der Waals surface area contributed by atoms with Gasteiger partial charge in [-0.05, 0) is 0 Å². The van der Waals surface area contributed by atoms with Crippen LogP contribution in [0.5, 0.6) is 0 Å². The molecule has 19 heavy (non-hydrogen) atoms. The quantitative estimate of drug-likeness (QED) is 0.416. The summed E-state index contributed by atoms with van der Waals surface area (Å²) in [5.74, 6) is 0.0873. The Labute approximate surface area is 108 Å². The van der Waals surface area contributed by atoms with Crippen LogP contribution in [-0.4, -0.2) is 50.8 Å². The van der Waals surface area contributed by atoms with Gasteiger partial charge in [-0.2, -0.15) is 0 Å². The fraction of sp³-hybridized carbons (Fsp3) is 0.600. The van der Waals surface area contributed by atoms with E-state index in [9.17, 15) is 9.90 Å². The van der Waals surface area contributed by atoms with Gasteiger partial charge in [0.2, 0.25) is 0 Å². The summed E-state index contributed by atoms with van der Waals surface area (Å²) in [6.45, 7) is -0.262. The van der Waals surface area contributed by atoms with Gasteiger partial charge < -0.3 is 25.6 Å². The highest BCUT2D eigenvalue weighted by Crippen LogP contribution is 2.32. The van der Waals surface area contributed by atoms with Crippen LogP contribution in [0.15, 0.2) is 6.33 Å².